The van der Waals surface area contributed by atoms with Crippen molar-refractivity contribution < 1.29 is 47.6 Å². The number of anilines is 2. The van der Waals surface area contributed by atoms with Gasteiger partial charge in [0.05, 0.1) is 90.0 Å². The average molecular weight is 1190 g/mol. The molecule has 23 nitrogen and oxygen atoms in total. The Balaban J connectivity index is 0.739. The third kappa shape index (κ3) is 25.0. The normalized spacial score (nSPS) is 14.3. The van der Waals surface area contributed by atoms with Gasteiger partial charge in [-0.15, -0.1) is 11.3 Å². The number of hydrogen-bond acceptors (Lipinski definition) is 18. The van der Waals surface area contributed by atoms with Crippen LogP contribution < -0.4 is 31.3 Å². The van der Waals surface area contributed by atoms with E-state index in [1.807, 2.05) is 42.4 Å². The van der Waals surface area contributed by atoms with Crippen LogP contribution in [0.5, 0.6) is 11.5 Å². The largest absolute Gasteiger partial charge is 0.494 e. The van der Waals surface area contributed by atoms with Crippen molar-refractivity contribution in [2.75, 3.05) is 144 Å². The second-order valence-electron chi connectivity index (χ2n) is 20.6. The fraction of sp³-hybridized carbons (Fsp3) is 0.508. The molecule has 24 heteroatoms. The lowest BCUT2D eigenvalue weighted by Gasteiger charge is -2.32. The summed E-state index contributed by atoms with van der Waals surface area (Å²) >= 11 is 1.28. The first kappa shape index (κ1) is 66.8. The summed E-state index contributed by atoms with van der Waals surface area (Å²) in [7, 11) is 5.75. The van der Waals surface area contributed by atoms with Gasteiger partial charge in [-0.25, -0.2) is 9.78 Å². The van der Waals surface area contributed by atoms with E-state index in [2.05, 4.69) is 66.1 Å². The molecule has 0 bridgehead atoms. The van der Waals surface area contributed by atoms with Crippen molar-refractivity contribution in [1.82, 2.24) is 39.7 Å². The Hall–Kier alpha value is -7.32. The number of aliphatic imine (C=N–C) groups is 1. The number of amides is 5. The van der Waals surface area contributed by atoms with Gasteiger partial charge in [0.25, 0.3) is 0 Å². The zero-order valence-electron chi connectivity index (χ0n) is 49.7. The van der Waals surface area contributed by atoms with Crippen molar-refractivity contribution in [1.29, 1.82) is 0 Å². The van der Waals surface area contributed by atoms with Crippen LogP contribution in [0.3, 0.4) is 0 Å². The van der Waals surface area contributed by atoms with E-state index < -0.39 is 12.1 Å². The summed E-state index contributed by atoms with van der Waals surface area (Å²) in [5.74, 6) is 6.69. The van der Waals surface area contributed by atoms with E-state index in [9.17, 15) is 19.2 Å². The Morgan fingerprint density at radius 3 is 2.29 bits per heavy atom. The molecule has 2 fully saturated rings. The number of allylic oxidation sites excluding steroid dienone is 2. The summed E-state index contributed by atoms with van der Waals surface area (Å²) in [5, 5.41) is 19.0. The van der Waals surface area contributed by atoms with E-state index in [1.54, 1.807) is 77.0 Å². The van der Waals surface area contributed by atoms with Crippen LogP contribution in [0.1, 0.15) is 61.4 Å². The van der Waals surface area contributed by atoms with Crippen molar-refractivity contribution in [2.24, 2.45) is 15.9 Å². The molecular formula is C61H87N13O10S. The summed E-state index contributed by atoms with van der Waals surface area (Å²) in [6.07, 6.45) is 15.3. The minimum Gasteiger partial charge on any atom is -0.494 e. The van der Waals surface area contributed by atoms with Crippen LogP contribution >= 0.6 is 11.3 Å². The van der Waals surface area contributed by atoms with Gasteiger partial charge in [0.2, 0.25) is 17.7 Å². The van der Waals surface area contributed by atoms with Crippen molar-refractivity contribution in [2.45, 2.75) is 70.0 Å². The molecule has 1 saturated carbocycles. The van der Waals surface area contributed by atoms with Gasteiger partial charge in [-0.1, -0.05) is 43.5 Å². The summed E-state index contributed by atoms with van der Waals surface area (Å²) in [6, 6.07) is 13.6. The monoisotopic (exact) mass is 1190 g/mol. The van der Waals surface area contributed by atoms with E-state index in [0.717, 1.165) is 68.7 Å². The van der Waals surface area contributed by atoms with Crippen LogP contribution in [-0.4, -0.2) is 209 Å². The quantitative estimate of drug-likeness (QED) is 0.0130. The second-order valence-corrected chi connectivity index (χ2v) is 21.4. The number of unbranched alkanes of at least 4 members (excludes halogenated alkanes) is 1. The molecule has 85 heavy (non-hydrogen) atoms. The number of aromatic nitrogens is 3. The lowest BCUT2D eigenvalue weighted by atomic mass is 10.0. The Morgan fingerprint density at radius 2 is 1.58 bits per heavy atom. The van der Waals surface area contributed by atoms with Gasteiger partial charge in [-0.2, -0.15) is 10.2 Å². The first-order valence-corrected chi connectivity index (χ1v) is 30.0. The molecular weight excluding hydrogens is 1110 g/mol. The maximum absolute atomic E-state index is 14.0. The van der Waals surface area contributed by atoms with E-state index in [1.165, 1.54) is 11.3 Å². The zero-order valence-corrected chi connectivity index (χ0v) is 50.5. The van der Waals surface area contributed by atoms with Crippen molar-refractivity contribution in [3.05, 3.63) is 120 Å². The van der Waals surface area contributed by atoms with Crippen molar-refractivity contribution >= 4 is 57.8 Å². The number of piperazine rings is 1. The molecule has 1 unspecified atom stereocenters. The van der Waals surface area contributed by atoms with E-state index in [0.29, 0.717) is 132 Å². The highest BCUT2D eigenvalue weighted by atomic mass is 32.1. The van der Waals surface area contributed by atoms with Crippen LogP contribution in [0.25, 0.3) is 0 Å². The van der Waals surface area contributed by atoms with Crippen molar-refractivity contribution in [3.63, 3.8) is 0 Å². The number of nitrogens with two attached hydrogens (primary N) is 1. The molecule has 1 saturated heterocycles. The SMILES string of the molecule is C=C/C=C(\C=C)CNC(=O)C(c1cnn(CCOC)c1)N(C(=O)CCc1ccc(OCCCCN(C)CCOCCOCC/C(C=NCCOCCOc2ccc(NC(=O)Nc3nc(CC(=O)N4CCN(C)CC4)cs3)cc2)=N/N)cc1)C1CC1. The van der Waals surface area contributed by atoms with Gasteiger partial charge in [0, 0.05) is 94.3 Å². The Morgan fingerprint density at radius 1 is 0.859 bits per heavy atom. The molecule has 5 N–H and O–H groups in total. The number of ether oxygens (including phenoxy) is 6. The number of rotatable bonds is 41. The molecule has 5 amide bonds. The number of thiazole rings is 1. The number of nitrogens with one attached hydrogen (secondary N) is 3. The molecule has 2 aliphatic rings. The maximum atomic E-state index is 14.0. The van der Waals surface area contributed by atoms with Gasteiger partial charge >= 0.3 is 6.03 Å². The van der Waals surface area contributed by atoms with Gasteiger partial charge in [-0.3, -0.25) is 29.4 Å². The van der Waals surface area contributed by atoms with Gasteiger partial charge in [0.1, 0.15) is 24.1 Å². The fourth-order valence-corrected chi connectivity index (χ4v) is 9.59. The molecule has 0 radical (unpaired) electrons. The molecule has 2 aromatic heterocycles. The minimum atomic E-state index is -0.821. The first-order valence-electron chi connectivity index (χ1n) is 29.1. The molecule has 6 rings (SSSR count). The molecule has 2 aromatic carbocycles. The maximum Gasteiger partial charge on any atom is 0.325 e. The molecule has 1 aliphatic heterocycles. The highest BCUT2D eigenvalue weighted by molar-refractivity contribution is 7.14. The van der Waals surface area contributed by atoms with E-state index in [-0.39, 0.29) is 43.1 Å². The lowest BCUT2D eigenvalue weighted by molar-refractivity contribution is -0.141. The average Bonchev–Trinajstić information content (AvgIpc) is 3.12. The van der Waals surface area contributed by atoms with Crippen LogP contribution in [0, 0.1) is 0 Å². The minimum absolute atomic E-state index is 0.0136. The van der Waals surface area contributed by atoms with Gasteiger partial charge < -0.3 is 64.5 Å². The van der Waals surface area contributed by atoms with E-state index in [4.69, 9.17) is 34.3 Å². The van der Waals surface area contributed by atoms with Gasteiger partial charge in [-0.05, 0) is 100 Å². The third-order valence-corrected chi connectivity index (χ3v) is 14.7. The number of aryl methyl sites for hydroxylation is 1. The predicted molar refractivity (Wildman–Crippen MR) is 332 cm³/mol. The number of hydrazone groups is 1. The molecule has 1 aliphatic carbocycles. The Kier molecular flexibility index (Phi) is 29.8. The highest BCUT2D eigenvalue weighted by Gasteiger charge is 2.41. The third-order valence-electron chi connectivity index (χ3n) is 13.9. The second kappa shape index (κ2) is 37.9. The van der Waals surface area contributed by atoms with Gasteiger partial charge in [0.15, 0.2) is 5.13 Å². The number of carbonyl (C=O) groups is 4. The fourth-order valence-electron chi connectivity index (χ4n) is 8.88. The summed E-state index contributed by atoms with van der Waals surface area (Å²) in [6.45, 7) is 17.8. The van der Waals surface area contributed by atoms with Crippen molar-refractivity contribution in [3.8, 4) is 11.5 Å². The van der Waals surface area contributed by atoms with Crippen LogP contribution in [0.15, 0.2) is 113 Å². The Labute approximate surface area is 504 Å². The molecule has 1 atom stereocenters. The number of hydrogen-bond donors (Lipinski definition) is 4. The number of urea groups is 1. The number of benzene rings is 2. The summed E-state index contributed by atoms with van der Waals surface area (Å²) in [4.78, 5) is 69.9. The number of methoxy groups -OCH3 is 1. The predicted octanol–water partition coefficient (Wildman–Crippen LogP) is 6.02. The first-order chi connectivity index (χ1) is 41.4. The van der Waals surface area contributed by atoms with E-state index >= 15 is 0 Å². The van der Waals surface area contributed by atoms with Crippen LogP contribution in [0.2, 0.25) is 0 Å². The standard InChI is InChI=1S/C61H87N13O10S/c1-6-10-47(7-2)42-64-59(77)58(49-43-65-73(45-49)31-35-79-5)74(53-16-17-53)56(75)22-13-48-11-18-54(19-12-48)83-32-9-8-25-70(3)30-36-82-38-37-80-33-23-51(69-62)44-63-24-34-81-39-40-84-55-20-14-50(15-21-55)66-60(78)68-61-67-52(46-85-61)41-57(76)72-28-26-71(4)27-29-72/h6-7,10-12,14-15,18-21,43-46,53,58H,1-2,8-9,13,16-17,22-42,62H2,3-5H3,(H,64,77)(H2,66,67,68,78)/b47-10+,63-44?,69-51-. The molecule has 3 heterocycles. The number of carbonyl (C=O) groups excluding carboxylic acids is 4. The summed E-state index contributed by atoms with van der Waals surface area (Å²) < 4.78 is 35.9. The summed E-state index contributed by atoms with van der Waals surface area (Å²) in [5.41, 5.74) is 4.33. The highest BCUT2D eigenvalue weighted by Crippen LogP contribution is 2.36. The Bertz CT molecular complexity index is 2760. The molecule has 4 aromatic rings. The lowest BCUT2D eigenvalue weighted by Crippen LogP contribution is -2.47. The molecule has 462 valence electrons. The van der Waals surface area contributed by atoms with Crippen LogP contribution in [-0.2, 0) is 52.7 Å². The molecule has 0 spiro atoms. The number of nitrogens with zero attached hydrogens (tertiary/aromatic N) is 9. The number of likely N-dealkylation sites (N-methyl/N-ethyl adjacent to an activating group) is 2. The van der Waals surface area contributed by atoms with Crippen LogP contribution in [0.4, 0.5) is 15.6 Å². The zero-order chi connectivity index (χ0) is 60.4. The smallest absolute Gasteiger partial charge is 0.325 e. The topological polar surface area (TPSA) is 254 Å².